The van der Waals surface area contributed by atoms with E-state index in [0.29, 0.717) is 12.8 Å². The highest BCUT2D eigenvalue weighted by molar-refractivity contribution is 7.98. The Morgan fingerprint density at radius 2 is 1.81 bits per heavy atom. The van der Waals surface area contributed by atoms with Gasteiger partial charge in [0, 0.05) is 45.9 Å². The fraction of sp³-hybridized carbons (Fsp3) is 0.296. The molecular weight excluding hydrogens is 519 g/mol. The molecule has 0 aromatic heterocycles. The summed E-state index contributed by atoms with van der Waals surface area (Å²) in [5.41, 5.74) is 2.89. The third-order valence-corrected chi connectivity index (χ3v) is 9.55. The maximum absolute atomic E-state index is 14.1. The van der Waals surface area contributed by atoms with Gasteiger partial charge in [0.2, 0.25) is 15.9 Å². The van der Waals surface area contributed by atoms with Crippen LogP contribution in [0.4, 0.5) is 10.1 Å². The van der Waals surface area contributed by atoms with Gasteiger partial charge in [-0.1, -0.05) is 48.0 Å². The second kappa shape index (κ2) is 11.8. The summed E-state index contributed by atoms with van der Waals surface area (Å²) >= 11 is 7.77. The van der Waals surface area contributed by atoms with Crippen LogP contribution in [-0.2, 0) is 26.3 Å². The molecule has 0 saturated carbocycles. The number of nitrogens with one attached hydrogen (secondary N) is 1. The first-order valence-corrected chi connectivity index (χ1v) is 14.7. The standard InChI is InChI=1S/C27H28ClFN2O3S2/c1-19-16-20(17-35-22-6-3-2-4-7-22)10-11-26(19)30-27(32)21-12-14-31(15-13-21)36(33,34)18-23-24(28)8-5-9-25(23)29/h2-11,16,21H,12-15,17-18H2,1H3,(H,30,32). The normalized spacial score (nSPS) is 15.1. The fourth-order valence-electron chi connectivity index (χ4n) is 4.21. The first kappa shape index (κ1) is 26.7. The summed E-state index contributed by atoms with van der Waals surface area (Å²) < 4.78 is 41.1. The topological polar surface area (TPSA) is 66.5 Å². The molecule has 36 heavy (non-hydrogen) atoms. The number of piperidine rings is 1. The molecule has 0 atom stereocenters. The predicted octanol–water partition coefficient (Wildman–Crippen LogP) is 6.26. The molecular formula is C27H28ClFN2O3S2. The quantitative estimate of drug-likeness (QED) is 0.339. The van der Waals surface area contributed by atoms with Crippen LogP contribution in [-0.4, -0.2) is 31.7 Å². The minimum absolute atomic E-state index is 0.0277. The van der Waals surface area contributed by atoms with Gasteiger partial charge in [-0.2, -0.15) is 0 Å². The number of hydrogen-bond donors (Lipinski definition) is 1. The van der Waals surface area contributed by atoms with Crippen molar-refractivity contribution in [3.05, 3.63) is 94.3 Å². The first-order valence-electron chi connectivity index (χ1n) is 11.7. The smallest absolute Gasteiger partial charge is 0.227 e. The molecule has 1 heterocycles. The Morgan fingerprint density at radius 3 is 2.47 bits per heavy atom. The maximum Gasteiger partial charge on any atom is 0.227 e. The van der Waals surface area contributed by atoms with Gasteiger partial charge >= 0.3 is 0 Å². The Bertz CT molecular complexity index is 1310. The maximum atomic E-state index is 14.1. The molecule has 1 N–H and O–H groups in total. The molecule has 9 heteroatoms. The molecule has 1 aliphatic rings. The lowest BCUT2D eigenvalue weighted by atomic mass is 9.97. The molecule has 3 aromatic carbocycles. The summed E-state index contributed by atoms with van der Waals surface area (Å²) in [5, 5.41) is 3.10. The van der Waals surface area contributed by atoms with Gasteiger partial charge in [-0.05, 0) is 61.2 Å². The Labute approximate surface area is 221 Å². The highest BCUT2D eigenvalue weighted by atomic mass is 35.5. The lowest BCUT2D eigenvalue weighted by molar-refractivity contribution is -0.120. The lowest BCUT2D eigenvalue weighted by Gasteiger charge is -2.30. The number of amides is 1. The number of halogens is 2. The highest BCUT2D eigenvalue weighted by Crippen LogP contribution is 2.28. The van der Waals surface area contributed by atoms with Gasteiger partial charge < -0.3 is 5.32 Å². The summed E-state index contributed by atoms with van der Waals surface area (Å²) in [6.45, 7) is 2.39. The molecule has 1 amide bonds. The van der Waals surface area contributed by atoms with Gasteiger partial charge in [0.1, 0.15) is 5.82 Å². The number of anilines is 1. The molecule has 1 fully saturated rings. The van der Waals surface area contributed by atoms with E-state index in [1.54, 1.807) is 11.8 Å². The van der Waals surface area contributed by atoms with Crippen LogP contribution in [0, 0.1) is 18.7 Å². The summed E-state index contributed by atoms with van der Waals surface area (Å²) in [4.78, 5) is 14.1. The minimum atomic E-state index is -3.75. The van der Waals surface area contributed by atoms with Crippen molar-refractivity contribution in [2.75, 3.05) is 18.4 Å². The Hall–Kier alpha value is -2.39. The Morgan fingerprint density at radius 1 is 1.08 bits per heavy atom. The van der Waals surface area contributed by atoms with E-state index in [1.807, 2.05) is 37.3 Å². The molecule has 190 valence electrons. The average molecular weight is 547 g/mol. The summed E-state index contributed by atoms with van der Waals surface area (Å²) in [6.07, 6.45) is 0.807. The van der Waals surface area contributed by atoms with Gasteiger partial charge in [-0.15, -0.1) is 11.8 Å². The molecule has 0 radical (unpaired) electrons. The van der Waals surface area contributed by atoms with Crippen molar-refractivity contribution in [1.29, 1.82) is 0 Å². The molecule has 0 aliphatic carbocycles. The number of sulfonamides is 1. The highest BCUT2D eigenvalue weighted by Gasteiger charge is 2.32. The Balaban J connectivity index is 1.31. The van der Waals surface area contributed by atoms with Crippen LogP contribution in [0.2, 0.25) is 5.02 Å². The molecule has 3 aromatic rings. The van der Waals surface area contributed by atoms with E-state index in [1.165, 1.54) is 33.0 Å². The SMILES string of the molecule is Cc1cc(CSc2ccccc2)ccc1NC(=O)C1CCN(S(=O)(=O)Cc2c(F)cccc2Cl)CC1. The average Bonchev–Trinajstić information content (AvgIpc) is 2.87. The van der Waals surface area contributed by atoms with Crippen molar-refractivity contribution in [2.45, 2.75) is 36.2 Å². The van der Waals surface area contributed by atoms with E-state index >= 15 is 0 Å². The zero-order valence-electron chi connectivity index (χ0n) is 19.9. The molecule has 1 aliphatic heterocycles. The van der Waals surface area contributed by atoms with Gasteiger partial charge in [-0.3, -0.25) is 4.79 Å². The zero-order valence-corrected chi connectivity index (χ0v) is 22.3. The molecule has 5 nitrogen and oxygen atoms in total. The molecule has 0 spiro atoms. The fourth-order valence-corrected chi connectivity index (χ4v) is 6.99. The third kappa shape index (κ3) is 6.68. The van der Waals surface area contributed by atoms with Gasteiger partial charge in [-0.25, -0.2) is 17.1 Å². The second-order valence-corrected chi connectivity index (χ2v) is 12.3. The van der Waals surface area contributed by atoms with Crippen molar-refractivity contribution in [1.82, 2.24) is 4.31 Å². The number of carbonyl (C=O) groups excluding carboxylic acids is 1. The van der Waals surface area contributed by atoms with Gasteiger partial charge in [0.25, 0.3) is 0 Å². The molecule has 4 rings (SSSR count). The van der Waals surface area contributed by atoms with Crippen molar-refractivity contribution < 1.29 is 17.6 Å². The van der Waals surface area contributed by atoms with Crippen LogP contribution in [0.5, 0.6) is 0 Å². The van der Waals surface area contributed by atoms with Crippen molar-refractivity contribution >= 4 is 45.0 Å². The number of benzene rings is 3. The van der Waals surface area contributed by atoms with E-state index in [4.69, 9.17) is 11.6 Å². The number of thioether (sulfide) groups is 1. The van der Waals surface area contributed by atoms with E-state index in [0.717, 1.165) is 17.0 Å². The summed E-state index contributed by atoms with van der Waals surface area (Å²) in [5.74, 6) is -0.701. The van der Waals surface area contributed by atoms with Gasteiger partial charge in [0.05, 0.1) is 5.75 Å². The van der Waals surface area contributed by atoms with Crippen LogP contribution in [0.1, 0.15) is 29.5 Å². The summed E-state index contributed by atoms with van der Waals surface area (Å²) in [6, 6.07) is 20.3. The van der Waals surface area contributed by atoms with E-state index < -0.39 is 21.6 Å². The largest absolute Gasteiger partial charge is 0.326 e. The molecule has 0 bridgehead atoms. The first-order chi connectivity index (χ1) is 17.2. The number of hydrogen-bond acceptors (Lipinski definition) is 4. The predicted molar refractivity (Wildman–Crippen MR) is 144 cm³/mol. The van der Waals surface area contributed by atoms with Crippen LogP contribution < -0.4 is 5.32 Å². The number of rotatable bonds is 8. The monoisotopic (exact) mass is 546 g/mol. The third-order valence-electron chi connectivity index (χ3n) is 6.30. The van der Waals surface area contributed by atoms with E-state index in [9.17, 15) is 17.6 Å². The number of aryl methyl sites for hydroxylation is 1. The van der Waals surface area contributed by atoms with Crippen LogP contribution in [0.25, 0.3) is 0 Å². The van der Waals surface area contributed by atoms with Crippen LogP contribution in [0.3, 0.4) is 0 Å². The zero-order chi connectivity index (χ0) is 25.7. The van der Waals surface area contributed by atoms with E-state index in [2.05, 4.69) is 23.5 Å². The Kier molecular flexibility index (Phi) is 8.72. The van der Waals surface area contributed by atoms with Gasteiger partial charge in [0.15, 0.2) is 0 Å². The van der Waals surface area contributed by atoms with Crippen molar-refractivity contribution in [3.63, 3.8) is 0 Å². The van der Waals surface area contributed by atoms with Crippen LogP contribution in [0.15, 0.2) is 71.6 Å². The van der Waals surface area contributed by atoms with E-state index in [-0.39, 0.29) is 35.5 Å². The van der Waals surface area contributed by atoms with Crippen LogP contribution >= 0.6 is 23.4 Å². The number of carbonyl (C=O) groups is 1. The second-order valence-electron chi connectivity index (χ2n) is 8.87. The molecule has 1 saturated heterocycles. The summed E-state index contributed by atoms with van der Waals surface area (Å²) in [7, 11) is -3.75. The lowest BCUT2D eigenvalue weighted by Crippen LogP contribution is -2.42. The van der Waals surface area contributed by atoms with Crippen molar-refractivity contribution in [3.8, 4) is 0 Å². The minimum Gasteiger partial charge on any atom is -0.326 e. The number of nitrogens with zero attached hydrogens (tertiary/aromatic N) is 1. The van der Waals surface area contributed by atoms with Crippen molar-refractivity contribution in [2.24, 2.45) is 5.92 Å². The molecule has 0 unspecified atom stereocenters.